The van der Waals surface area contributed by atoms with Crippen LogP contribution in [-0.2, 0) is 4.79 Å². The molecule has 0 bridgehead atoms. The number of nitrogens with one attached hydrogen (secondary N) is 1. The number of rotatable bonds is 6. The first-order valence-corrected chi connectivity index (χ1v) is 6.21. The predicted molar refractivity (Wildman–Crippen MR) is 74.5 cm³/mol. The smallest absolute Gasteiger partial charge is 0.221 e. The van der Waals surface area contributed by atoms with Crippen molar-refractivity contribution in [3.05, 3.63) is 35.9 Å². The van der Waals surface area contributed by atoms with Crippen molar-refractivity contribution in [3.8, 4) is 0 Å². The molecular weight excluding hydrogens is 226 g/mol. The lowest BCUT2D eigenvalue weighted by molar-refractivity contribution is -0.121. The molecule has 0 spiro atoms. The number of amidine groups is 1. The first-order valence-electron chi connectivity index (χ1n) is 6.21. The van der Waals surface area contributed by atoms with Gasteiger partial charge in [-0.25, -0.2) is 0 Å². The summed E-state index contributed by atoms with van der Waals surface area (Å²) in [7, 11) is 0. The molecule has 0 atom stereocenters. The zero-order valence-electron chi connectivity index (χ0n) is 11.0. The highest BCUT2D eigenvalue weighted by Gasteiger charge is 2.02. The molecule has 0 aromatic heterocycles. The van der Waals surface area contributed by atoms with E-state index in [1.54, 1.807) is 0 Å². The van der Waals surface area contributed by atoms with Gasteiger partial charge in [-0.15, -0.1) is 0 Å². The predicted octanol–water partition coefficient (Wildman–Crippen LogP) is 1.55. The summed E-state index contributed by atoms with van der Waals surface area (Å²) >= 11 is 0. The number of benzene rings is 1. The topological polar surface area (TPSA) is 67.5 Å². The number of hydrogen-bond acceptors (Lipinski definition) is 2. The molecule has 0 aliphatic carbocycles. The molecule has 0 aliphatic rings. The van der Waals surface area contributed by atoms with E-state index in [4.69, 9.17) is 5.73 Å². The van der Waals surface area contributed by atoms with E-state index in [-0.39, 0.29) is 5.91 Å². The van der Waals surface area contributed by atoms with E-state index < -0.39 is 0 Å². The van der Waals surface area contributed by atoms with Crippen LogP contribution in [0, 0.1) is 5.92 Å². The molecule has 0 saturated heterocycles. The van der Waals surface area contributed by atoms with E-state index in [0.717, 1.165) is 5.56 Å². The maximum atomic E-state index is 11.4. The maximum absolute atomic E-state index is 11.4. The molecule has 0 heterocycles. The number of hydrogen-bond donors (Lipinski definition) is 2. The number of carbonyl (C=O) groups is 1. The van der Waals surface area contributed by atoms with E-state index >= 15 is 0 Å². The van der Waals surface area contributed by atoms with E-state index in [2.05, 4.69) is 24.2 Å². The molecule has 4 heteroatoms. The Hall–Kier alpha value is -1.84. The Morgan fingerprint density at radius 3 is 2.61 bits per heavy atom. The SMILES string of the molecule is CC(C)CNC(=O)CCN=C(N)c1ccccc1. The fourth-order valence-electron chi connectivity index (χ4n) is 1.38. The van der Waals surface area contributed by atoms with Crippen LogP contribution in [0.15, 0.2) is 35.3 Å². The van der Waals surface area contributed by atoms with Gasteiger partial charge in [0.15, 0.2) is 0 Å². The summed E-state index contributed by atoms with van der Waals surface area (Å²) in [6, 6.07) is 9.55. The van der Waals surface area contributed by atoms with Crippen molar-refractivity contribution < 1.29 is 4.79 Å². The zero-order chi connectivity index (χ0) is 13.4. The Bertz CT molecular complexity index is 399. The molecule has 1 rings (SSSR count). The van der Waals surface area contributed by atoms with Gasteiger partial charge < -0.3 is 11.1 Å². The van der Waals surface area contributed by atoms with Crippen LogP contribution in [0.1, 0.15) is 25.8 Å². The van der Waals surface area contributed by atoms with Crippen molar-refractivity contribution in [3.63, 3.8) is 0 Å². The van der Waals surface area contributed by atoms with Gasteiger partial charge in [-0.3, -0.25) is 9.79 Å². The van der Waals surface area contributed by atoms with Gasteiger partial charge in [-0.2, -0.15) is 0 Å². The van der Waals surface area contributed by atoms with Crippen molar-refractivity contribution in [2.45, 2.75) is 20.3 Å². The van der Waals surface area contributed by atoms with Crippen molar-refractivity contribution in [2.75, 3.05) is 13.1 Å². The lowest BCUT2D eigenvalue weighted by Crippen LogP contribution is -2.27. The fourth-order valence-corrected chi connectivity index (χ4v) is 1.38. The van der Waals surface area contributed by atoms with Crippen LogP contribution < -0.4 is 11.1 Å². The standard InChI is InChI=1S/C14H21N3O/c1-11(2)10-17-13(18)8-9-16-14(15)12-6-4-3-5-7-12/h3-7,11H,8-10H2,1-2H3,(H2,15,16)(H,17,18). The third-order valence-electron chi connectivity index (χ3n) is 2.40. The Labute approximate surface area is 108 Å². The number of carbonyl (C=O) groups excluding carboxylic acids is 1. The monoisotopic (exact) mass is 247 g/mol. The molecule has 0 fully saturated rings. The molecular formula is C14H21N3O. The van der Waals surface area contributed by atoms with Gasteiger partial charge in [0.05, 0.1) is 6.54 Å². The molecule has 1 amide bonds. The molecule has 3 N–H and O–H groups in total. The summed E-state index contributed by atoms with van der Waals surface area (Å²) in [4.78, 5) is 15.6. The Balaban J connectivity index is 2.34. The summed E-state index contributed by atoms with van der Waals surface area (Å²) in [5.41, 5.74) is 6.71. The highest BCUT2D eigenvalue weighted by Crippen LogP contribution is 1.98. The summed E-state index contributed by atoms with van der Waals surface area (Å²) in [6.45, 7) is 5.25. The van der Waals surface area contributed by atoms with Gasteiger partial charge in [-0.05, 0) is 5.92 Å². The number of nitrogens with zero attached hydrogens (tertiary/aromatic N) is 1. The quantitative estimate of drug-likeness (QED) is 0.591. The summed E-state index contributed by atoms with van der Waals surface area (Å²) in [5.74, 6) is 0.965. The van der Waals surface area contributed by atoms with Crippen LogP contribution in [0.25, 0.3) is 0 Å². The molecule has 0 saturated carbocycles. The Kier molecular flexibility index (Phi) is 5.91. The molecule has 0 unspecified atom stereocenters. The van der Waals surface area contributed by atoms with Crippen molar-refractivity contribution in [1.29, 1.82) is 0 Å². The van der Waals surface area contributed by atoms with E-state index in [9.17, 15) is 4.79 Å². The number of amides is 1. The Morgan fingerprint density at radius 2 is 2.00 bits per heavy atom. The molecule has 4 nitrogen and oxygen atoms in total. The van der Waals surface area contributed by atoms with Crippen LogP contribution in [-0.4, -0.2) is 24.8 Å². The van der Waals surface area contributed by atoms with Gasteiger partial charge in [0.1, 0.15) is 5.84 Å². The summed E-state index contributed by atoms with van der Waals surface area (Å²) in [5, 5.41) is 2.85. The highest BCUT2D eigenvalue weighted by molar-refractivity contribution is 5.97. The minimum Gasteiger partial charge on any atom is -0.384 e. The van der Waals surface area contributed by atoms with E-state index in [1.807, 2.05) is 30.3 Å². The van der Waals surface area contributed by atoms with Crippen molar-refractivity contribution >= 4 is 11.7 Å². The number of aliphatic imine (C=N–C) groups is 1. The normalized spacial score (nSPS) is 11.6. The van der Waals surface area contributed by atoms with Gasteiger partial charge in [0.25, 0.3) is 0 Å². The van der Waals surface area contributed by atoms with Crippen LogP contribution in [0.2, 0.25) is 0 Å². The minimum absolute atomic E-state index is 0.0216. The second kappa shape index (κ2) is 7.48. The van der Waals surface area contributed by atoms with Crippen LogP contribution in [0.5, 0.6) is 0 Å². The molecule has 0 aliphatic heterocycles. The van der Waals surface area contributed by atoms with Gasteiger partial charge in [-0.1, -0.05) is 44.2 Å². The largest absolute Gasteiger partial charge is 0.384 e. The molecule has 1 aromatic carbocycles. The lowest BCUT2D eigenvalue weighted by atomic mass is 10.2. The molecule has 98 valence electrons. The third-order valence-corrected chi connectivity index (χ3v) is 2.40. The first-order chi connectivity index (χ1) is 8.59. The number of nitrogens with two attached hydrogens (primary N) is 1. The van der Waals surface area contributed by atoms with Gasteiger partial charge in [0, 0.05) is 18.5 Å². The molecule has 18 heavy (non-hydrogen) atoms. The molecule has 0 radical (unpaired) electrons. The highest BCUT2D eigenvalue weighted by atomic mass is 16.1. The second-order valence-corrected chi connectivity index (χ2v) is 4.58. The molecule has 1 aromatic rings. The first kappa shape index (κ1) is 14.2. The maximum Gasteiger partial charge on any atom is 0.221 e. The van der Waals surface area contributed by atoms with Crippen LogP contribution in [0.3, 0.4) is 0 Å². The van der Waals surface area contributed by atoms with E-state index in [0.29, 0.717) is 31.3 Å². The summed E-state index contributed by atoms with van der Waals surface area (Å²) < 4.78 is 0. The summed E-state index contributed by atoms with van der Waals surface area (Å²) in [6.07, 6.45) is 0.375. The van der Waals surface area contributed by atoms with E-state index in [1.165, 1.54) is 0 Å². The van der Waals surface area contributed by atoms with Crippen molar-refractivity contribution in [2.24, 2.45) is 16.6 Å². The van der Waals surface area contributed by atoms with Gasteiger partial charge in [0.2, 0.25) is 5.91 Å². The Morgan fingerprint density at radius 1 is 1.33 bits per heavy atom. The average Bonchev–Trinajstić information content (AvgIpc) is 2.37. The minimum atomic E-state index is 0.0216. The fraction of sp³-hybridized carbons (Fsp3) is 0.429. The third kappa shape index (κ3) is 5.48. The van der Waals surface area contributed by atoms with Crippen molar-refractivity contribution in [1.82, 2.24) is 5.32 Å². The second-order valence-electron chi connectivity index (χ2n) is 4.58. The van der Waals surface area contributed by atoms with Crippen LogP contribution in [0.4, 0.5) is 0 Å². The van der Waals surface area contributed by atoms with Gasteiger partial charge >= 0.3 is 0 Å². The average molecular weight is 247 g/mol. The zero-order valence-corrected chi connectivity index (χ0v) is 11.0. The lowest BCUT2D eigenvalue weighted by Gasteiger charge is -2.06. The van der Waals surface area contributed by atoms with Crippen LogP contribution >= 0.6 is 0 Å².